The Morgan fingerprint density at radius 1 is 1.18 bits per heavy atom. The van der Waals surface area contributed by atoms with E-state index in [9.17, 15) is 0 Å². The summed E-state index contributed by atoms with van der Waals surface area (Å²) in [6.45, 7) is 7.29. The second-order valence-corrected chi connectivity index (χ2v) is 4.61. The predicted octanol–water partition coefficient (Wildman–Crippen LogP) is 2.17. The molecular formula is C14H24N2O. The number of rotatable bonds is 6. The lowest BCUT2D eigenvalue weighted by molar-refractivity contribution is 0.299. The van der Waals surface area contributed by atoms with Crippen LogP contribution in [-0.4, -0.2) is 31.3 Å². The quantitative estimate of drug-likeness (QED) is 0.794. The highest BCUT2D eigenvalue weighted by Crippen LogP contribution is 2.20. The molecule has 0 saturated heterocycles. The van der Waals surface area contributed by atoms with Crippen LogP contribution >= 0.6 is 0 Å². The molecule has 0 amide bonds. The molecule has 17 heavy (non-hydrogen) atoms. The third-order valence-corrected chi connectivity index (χ3v) is 3.12. The maximum Gasteiger partial charge on any atom is 0.0606 e. The summed E-state index contributed by atoms with van der Waals surface area (Å²) in [5.41, 5.74) is 2.45. The lowest BCUT2D eigenvalue weighted by Gasteiger charge is -2.28. The van der Waals surface area contributed by atoms with E-state index >= 15 is 0 Å². The maximum atomic E-state index is 9.08. The van der Waals surface area contributed by atoms with Gasteiger partial charge in [-0.2, -0.15) is 0 Å². The SMILES string of the molecule is CNC(C)c1ccc(N(CCO)C(C)C)cc1. The molecule has 3 nitrogen and oxygen atoms in total. The zero-order valence-corrected chi connectivity index (χ0v) is 11.3. The van der Waals surface area contributed by atoms with Crippen LogP contribution in [0.4, 0.5) is 5.69 Å². The van der Waals surface area contributed by atoms with E-state index in [0.717, 1.165) is 0 Å². The van der Waals surface area contributed by atoms with E-state index in [0.29, 0.717) is 18.6 Å². The molecule has 0 aliphatic heterocycles. The van der Waals surface area contributed by atoms with Crippen LogP contribution in [0.2, 0.25) is 0 Å². The molecule has 0 heterocycles. The molecule has 0 aliphatic carbocycles. The largest absolute Gasteiger partial charge is 0.395 e. The third-order valence-electron chi connectivity index (χ3n) is 3.12. The van der Waals surface area contributed by atoms with Crippen molar-refractivity contribution in [1.29, 1.82) is 0 Å². The van der Waals surface area contributed by atoms with Crippen LogP contribution in [0.3, 0.4) is 0 Å². The Morgan fingerprint density at radius 3 is 2.18 bits per heavy atom. The fourth-order valence-corrected chi connectivity index (χ4v) is 1.91. The van der Waals surface area contributed by atoms with Crippen LogP contribution in [0.5, 0.6) is 0 Å². The minimum Gasteiger partial charge on any atom is -0.395 e. The molecule has 1 unspecified atom stereocenters. The number of hydrogen-bond donors (Lipinski definition) is 2. The molecule has 2 N–H and O–H groups in total. The topological polar surface area (TPSA) is 35.5 Å². The Labute approximate surface area is 104 Å². The van der Waals surface area contributed by atoms with Crippen LogP contribution in [0.25, 0.3) is 0 Å². The molecule has 1 aromatic carbocycles. The second-order valence-electron chi connectivity index (χ2n) is 4.61. The first-order valence-corrected chi connectivity index (χ1v) is 6.25. The van der Waals surface area contributed by atoms with Gasteiger partial charge in [0.1, 0.15) is 0 Å². The van der Waals surface area contributed by atoms with Crippen LogP contribution in [-0.2, 0) is 0 Å². The van der Waals surface area contributed by atoms with Crippen molar-refractivity contribution in [2.75, 3.05) is 25.1 Å². The zero-order valence-electron chi connectivity index (χ0n) is 11.3. The fraction of sp³-hybridized carbons (Fsp3) is 0.571. The standard InChI is InChI=1S/C14H24N2O/c1-11(2)16(9-10-17)14-7-5-13(6-8-14)12(3)15-4/h5-8,11-12,15,17H,9-10H2,1-4H3. The molecular weight excluding hydrogens is 212 g/mol. The molecule has 0 saturated carbocycles. The molecule has 0 bridgehead atoms. The second kappa shape index (κ2) is 6.62. The van der Waals surface area contributed by atoms with Crippen molar-refractivity contribution in [3.63, 3.8) is 0 Å². The van der Waals surface area contributed by atoms with Gasteiger partial charge in [0.05, 0.1) is 6.61 Å². The van der Waals surface area contributed by atoms with E-state index in [2.05, 4.69) is 55.3 Å². The number of nitrogens with one attached hydrogen (secondary N) is 1. The molecule has 3 heteroatoms. The van der Waals surface area contributed by atoms with E-state index in [-0.39, 0.29) is 6.61 Å². The Kier molecular flexibility index (Phi) is 5.45. The van der Waals surface area contributed by atoms with E-state index < -0.39 is 0 Å². The molecule has 0 spiro atoms. The van der Waals surface area contributed by atoms with Crippen LogP contribution in [0, 0.1) is 0 Å². The van der Waals surface area contributed by atoms with Crippen molar-refractivity contribution in [2.45, 2.75) is 32.9 Å². The van der Waals surface area contributed by atoms with Gasteiger partial charge in [-0.05, 0) is 45.5 Å². The number of benzene rings is 1. The summed E-state index contributed by atoms with van der Waals surface area (Å²) in [5.74, 6) is 0. The normalized spacial score (nSPS) is 12.8. The average Bonchev–Trinajstić information content (AvgIpc) is 2.35. The summed E-state index contributed by atoms with van der Waals surface area (Å²) in [6.07, 6.45) is 0. The van der Waals surface area contributed by atoms with Crippen molar-refractivity contribution in [1.82, 2.24) is 5.32 Å². The van der Waals surface area contributed by atoms with Gasteiger partial charge in [0, 0.05) is 24.3 Å². The van der Waals surface area contributed by atoms with Gasteiger partial charge in [0.2, 0.25) is 0 Å². The Hall–Kier alpha value is -1.06. The smallest absolute Gasteiger partial charge is 0.0606 e. The highest BCUT2D eigenvalue weighted by atomic mass is 16.3. The van der Waals surface area contributed by atoms with E-state index in [1.807, 2.05) is 7.05 Å². The number of nitrogens with zero attached hydrogens (tertiary/aromatic N) is 1. The molecule has 0 radical (unpaired) electrons. The van der Waals surface area contributed by atoms with Crippen molar-refractivity contribution < 1.29 is 5.11 Å². The highest BCUT2D eigenvalue weighted by molar-refractivity contribution is 5.48. The number of anilines is 1. The Balaban J connectivity index is 2.84. The van der Waals surface area contributed by atoms with Crippen LogP contribution < -0.4 is 10.2 Å². The van der Waals surface area contributed by atoms with Gasteiger partial charge in [-0.25, -0.2) is 0 Å². The minimum absolute atomic E-state index is 0.187. The lowest BCUT2D eigenvalue weighted by Crippen LogP contribution is -2.33. The monoisotopic (exact) mass is 236 g/mol. The van der Waals surface area contributed by atoms with Crippen molar-refractivity contribution in [2.24, 2.45) is 0 Å². The first kappa shape index (κ1) is 14.0. The van der Waals surface area contributed by atoms with Gasteiger partial charge in [-0.3, -0.25) is 0 Å². The summed E-state index contributed by atoms with van der Waals surface area (Å²) < 4.78 is 0. The molecule has 0 aromatic heterocycles. The first-order chi connectivity index (χ1) is 8.10. The molecule has 0 fully saturated rings. The molecule has 1 aromatic rings. The predicted molar refractivity (Wildman–Crippen MR) is 73.5 cm³/mol. The Bertz CT molecular complexity index is 321. The average molecular weight is 236 g/mol. The van der Waals surface area contributed by atoms with Crippen molar-refractivity contribution >= 4 is 5.69 Å². The summed E-state index contributed by atoms with van der Waals surface area (Å²) in [7, 11) is 1.96. The van der Waals surface area contributed by atoms with E-state index in [4.69, 9.17) is 5.11 Å². The minimum atomic E-state index is 0.187. The van der Waals surface area contributed by atoms with Gasteiger partial charge >= 0.3 is 0 Å². The van der Waals surface area contributed by atoms with Gasteiger partial charge in [0.15, 0.2) is 0 Å². The number of hydrogen-bond acceptors (Lipinski definition) is 3. The Morgan fingerprint density at radius 2 is 1.76 bits per heavy atom. The van der Waals surface area contributed by atoms with E-state index in [1.54, 1.807) is 0 Å². The van der Waals surface area contributed by atoms with Gasteiger partial charge in [0.25, 0.3) is 0 Å². The van der Waals surface area contributed by atoms with Gasteiger partial charge in [-0.1, -0.05) is 12.1 Å². The van der Waals surface area contributed by atoms with Crippen molar-refractivity contribution in [3.05, 3.63) is 29.8 Å². The fourth-order valence-electron chi connectivity index (χ4n) is 1.91. The third kappa shape index (κ3) is 3.72. The van der Waals surface area contributed by atoms with Crippen LogP contribution in [0.15, 0.2) is 24.3 Å². The summed E-state index contributed by atoms with van der Waals surface area (Å²) >= 11 is 0. The number of aliphatic hydroxyl groups is 1. The molecule has 1 atom stereocenters. The lowest BCUT2D eigenvalue weighted by atomic mass is 10.1. The summed E-state index contributed by atoms with van der Waals surface area (Å²) in [4.78, 5) is 2.20. The van der Waals surface area contributed by atoms with Crippen molar-refractivity contribution in [3.8, 4) is 0 Å². The van der Waals surface area contributed by atoms with Gasteiger partial charge in [-0.15, -0.1) is 0 Å². The summed E-state index contributed by atoms with van der Waals surface area (Å²) in [5, 5.41) is 12.3. The molecule has 96 valence electrons. The highest BCUT2D eigenvalue weighted by Gasteiger charge is 2.10. The van der Waals surface area contributed by atoms with E-state index in [1.165, 1.54) is 11.3 Å². The first-order valence-electron chi connectivity index (χ1n) is 6.25. The zero-order chi connectivity index (χ0) is 12.8. The molecule has 1 rings (SSSR count). The molecule has 0 aliphatic rings. The summed E-state index contributed by atoms with van der Waals surface area (Å²) in [6, 6.07) is 9.30. The van der Waals surface area contributed by atoms with Crippen LogP contribution in [0.1, 0.15) is 32.4 Å². The maximum absolute atomic E-state index is 9.08. The number of aliphatic hydroxyl groups excluding tert-OH is 1. The van der Waals surface area contributed by atoms with Gasteiger partial charge < -0.3 is 15.3 Å².